The summed E-state index contributed by atoms with van der Waals surface area (Å²) < 4.78 is 5.24. The minimum atomic E-state index is -0.0990. The standard InChI is InChI=1S/C12H18O3.C6H10O/c1-6-4-9-11(8(3)15-12(9)14)10(5-13)7(6)2;1-3-4-6(2)5-7/h5-11H,4H2,1-3H3;4-5H,3H2,1-2H3/b;6-4+/t6-,7+,8+,9+,10-,11+;/m0./s1. The third kappa shape index (κ3) is 4.05. The van der Waals surface area contributed by atoms with Crippen molar-refractivity contribution < 1.29 is 19.1 Å². The smallest absolute Gasteiger partial charge is 0.309 e. The van der Waals surface area contributed by atoms with Gasteiger partial charge in [0.15, 0.2) is 0 Å². The lowest BCUT2D eigenvalue weighted by molar-refractivity contribution is -0.144. The molecule has 0 amide bonds. The molecule has 22 heavy (non-hydrogen) atoms. The number of esters is 1. The molecule has 4 nitrogen and oxygen atoms in total. The molecule has 2 rings (SSSR count). The van der Waals surface area contributed by atoms with Gasteiger partial charge in [-0.15, -0.1) is 0 Å². The van der Waals surface area contributed by atoms with E-state index in [4.69, 9.17) is 4.74 Å². The Balaban J connectivity index is 0.000000295. The Morgan fingerprint density at radius 3 is 2.36 bits per heavy atom. The predicted molar refractivity (Wildman–Crippen MR) is 85.1 cm³/mol. The summed E-state index contributed by atoms with van der Waals surface area (Å²) in [7, 11) is 0. The molecule has 0 unspecified atom stereocenters. The zero-order valence-electron chi connectivity index (χ0n) is 14.2. The van der Waals surface area contributed by atoms with E-state index >= 15 is 0 Å². The van der Waals surface area contributed by atoms with E-state index in [9.17, 15) is 14.4 Å². The van der Waals surface area contributed by atoms with Crippen molar-refractivity contribution in [2.24, 2.45) is 29.6 Å². The van der Waals surface area contributed by atoms with Crippen LogP contribution in [0.4, 0.5) is 0 Å². The van der Waals surface area contributed by atoms with Gasteiger partial charge in [0.05, 0.1) is 5.92 Å². The number of allylic oxidation sites excluding steroid dienone is 2. The number of carbonyl (C=O) groups excluding carboxylic acids is 3. The predicted octanol–water partition coefficient (Wildman–Crippen LogP) is 3.20. The van der Waals surface area contributed by atoms with Crippen LogP contribution in [0, 0.1) is 29.6 Å². The molecule has 0 N–H and O–H groups in total. The Bertz CT molecular complexity index is 440. The van der Waals surface area contributed by atoms with Crippen LogP contribution in [0.15, 0.2) is 11.6 Å². The third-order valence-corrected chi connectivity index (χ3v) is 5.06. The molecular weight excluding hydrogens is 280 g/mol. The first kappa shape index (κ1) is 18.6. The van der Waals surface area contributed by atoms with E-state index in [0.717, 1.165) is 31.0 Å². The molecule has 0 aromatic carbocycles. The molecule has 0 radical (unpaired) electrons. The maximum Gasteiger partial charge on any atom is 0.309 e. The summed E-state index contributed by atoms with van der Waals surface area (Å²) in [5.74, 6) is 0.751. The highest BCUT2D eigenvalue weighted by Gasteiger charge is 2.52. The van der Waals surface area contributed by atoms with Gasteiger partial charge in [-0.1, -0.05) is 26.8 Å². The fourth-order valence-electron chi connectivity index (χ4n) is 3.60. The zero-order valence-corrected chi connectivity index (χ0v) is 14.2. The van der Waals surface area contributed by atoms with Crippen molar-refractivity contribution in [1.82, 2.24) is 0 Å². The molecule has 0 spiro atoms. The van der Waals surface area contributed by atoms with E-state index in [2.05, 4.69) is 13.8 Å². The summed E-state index contributed by atoms with van der Waals surface area (Å²) in [5.41, 5.74) is 0.822. The van der Waals surface area contributed by atoms with Gasteiger partial charge in [0.2, 0.25) is 0 Å². The quantitative estimate of drug-likeness (QED) is 0.456. The van der Waals surface area contributed by atoms with E-state index in [1.807, 2.05) is 19.9 Å². The number of hydrogen-bond donors (Lipinski definition) is 0. The summed E-state index contributed by atoms with van der Waals surface area (Å²) in [4.78, 5) is 32.6. The van der Waals surface area contributed by atoms with Gasteiger partial charge in [0.1, 0.15) is 18.7 Å². The van der Waals surface area contributed by atoms with Gasteiger partial charge in [-0.3, -0.25) is 9.59 Å². The average Bonchev–Trinajstić information content (AvgIpc) is 2.76. The summed E-state index contributed by atoms with van der Waals surface area (Å²) in [6.45, 7) is 9.94. The van der Waals surface area contributed by atoms with Crippen molar-refractivity contribution in [3.8, 4) is 0 Å². The van der Waals surface area contributed by atoms with E-state index in [1.165, 1.54) is 0 Å². The number of ether oxygens (including phenoxy) is 1. The van der Waals surface area contributed by atoms with Crippen molar-refractivity contribution in [3.63, 3.8) is 0 Å². The summed E-state index contributed by atoms with van der Waals surface area (Å²) >= 11 is 0. The van der Waals surface area contributed by atoms with Gasteiger partial charge in [0.25, 0.3) is 0 Å². The van der Waals surface area contributed by atoms with Gasteiger partial charge in [0, 0.05) is 11.8 Å². The molecule has 0 aromatic heterocycles. The van der Waals surface area contributed by atoms with Crippen LogP contribution in [0.3, 0.4) is 0 Å². The van der Waals surface area contributed by atoms with Crippen molar-refractivity contribution in [2.45, 2.75) is 53.6 Å². The van der Waals surface area contributed by atoms with Crippen LogP contribution in [-0.2, 0) is 19.1 Å². The maximum absolute atomic E-state index is 11.6. The van der Waals surface area contributed by atoms with Crippen molar-refractivity contribution in [1.29, 1.82) is 0 Å². The minimum absolute atomic E-state index is 0.0137. The van der Waals surface area contributed by atoms with Crippen molar-refractivity contribution >= 4 is 18.5 Å². The van der Waals surface area contributed by atoms with Crippen LogP contribution < -0.4 is 0 Å². The number of rotatable bonds is 3. The summed E-state index contributed by atoms with van der Waals surface area (Å²) in [6, 6.07) is 0. The highest BCUT2D eigenvalue weighted by molar-refractivity contribution is 5.76. The van der Waals surface area contributed by atoms with Gasteiger partial charge < -0.3 is 9.53 Å². The zero-order chi connectivity index (χ0) is 16.9. The Morgan fingerprint density at radius 2 is 1.91 bits per heavy atom. The first-order valence-corrected chi connectivity index (χ1v) is 8.15. The monoisotopic (exact) mass is 308 g/mol. The highest BCUT2D eigenvalue weighted by atomic mass is 16.6. The van der Waals surface area contributed by atoms with Crippen molar-refractivity contribution in [3.05, 3.63) is 11.6 Å². The number of aldehydes is 2. The molecule has 124 valence electrons. The minimum Gasteiger partial charge on any atom is -0.462 e. The van der Waals surface area contributed by atoms with Gasteiger partial charge in [-0.2, -0.15) is 0 Å². The van der Waals surface area contributed by atoms with Crippen molar-refractivity contribution in [2.75, 3.05) is 0 Å². The van der Waals surface area contributed by atoms with Crippen LogP contribution in [0.2, 0.25) is 0 Å². The SMILES string of the molecule is CC/C=C(\C)C=O.C[C@H]1[C@H](C=O)[C@@H]2[C@@H](C)OC(=O)[C@@H]2C[C@@H]1C. The molecule has 4 heteroatoms. The first-order valence-electron chi connectivity index (χ1n) is 8.15. The van der Waals surface area contributed by atoms with Crippen LogP contribution in [-0.4, -0.2) is 24.6 Å². The summed E-state index contributed by atoms with van der Waals surface area (Å²) in [6.07, 6.45) is 5.52. The Kier molecular flexibility index (Phi) is 6.98. The fourth-order valence-corrected chi connectivity index (χ4v) is 3.60. The Labute approximate surface area is 133 Å². The first-order chi connectivity index (χ1) is 10.4. The topological polar surface area (TPSA) is 60.4 Å². The molecule has 2 fully saturated rings. The number of cyclic esters (lactones) is 1. The average molecular weight is 308 g/mol. The molecule has 1 saturated carbocycles. The van der Waals surface area contributed by atoms with Crippen LogP contribution in [0.25, 0.3) is 0 Å². The molecule has 1 heterocycles. The molecule has 0 bridgehead atoms. The maximum atomic E-state index is 11.6. The Morgan fingerprint density at radius 1 is 1.27 bits per heavy atom. The summed E-state index contributed by atoms with van der Waals surface area (Å²) in [5, 5.41) is 0. The van der Waals surface area contributed by atoms with E-state index in [1.54, 1.807) is 6.92 Å². The van der Waals surface area contributed by atoms with Gasteiger partial charge in [-0.05, 0) is 44.1 Å². The molecule has 1 aliphatic heterocycles. The number of fused-ring (bicyclic) bond motifs is 1. The van der Waals surface area contributed by atoms with Crippen LogP contribution in [0.1, 0.15) is 47.5 Å². The lowest BCUT2D eigenvalue weighted by atomic mass is 9.63. The van der Waals surface area contributed by atoms with E-state index in [0.29, 0.717) is 11.8 Å². The highest BCUT2D eigenvalue weighted by Crippen LogP contribution is 2.47. The van der Waals surface area contributed by atoms with Crippen LogP contribution >= 0.6 is 0 Å². The Hall–Kier alpha value is -1.45. The van der Waals surface area contributed by atoms with E-state index < -0.39 is 0 Å². The van der Waals surface area contributed by atoms with Gasteiger partial charge in [-0.25, -0.2) is 0 Å². The van der Waals surface area contributed by atoms with Crippen LogP contribution in [0.5, 0.6) is 0 Å². The third-order valence-electron chi connectivity index (χ3n) is 5.06. The molecule has 1 aliphatic carbocycles. The number of hydrogen-bond acceptors (Lipinski definition) is 4. The largest absolute Gasteiger partial charge is 0.462 e. The molecule has 0 aromatic rings. The second-order valence-electron chi connectivity index (χ2n) is 6.59. The van der Waals surface area contributed by atoms with Gasteiger partial charge >= 0.3 is 5.97 Å². The second-order valence-corrected chi connectivity index (χ2v) is 6.59. The molecule has 1 saturated heterocycles. The fraction of sp³-hybridized carbons (Fsp3) is 0.722. The normalized spacial score (nSPS) is 37.5. The van der Waals surface area contributed by atoms with E-state index in [-0.39, 0.29) is 29.8 Å². The molecule has 2 aliphatic rings. The second kappa shape index (κ2) is 8.25. The molecule has 6 atom stereocenters. The number of carbonyl (C=O) groups is 3. The molecular formula is C18H28O4. The lowest BCUT2D eigenvalue weighted by Gasteiger charge is -2.38. The lowest BCUT2D eigenvalue weighted by Crippen LogP contribution is -2.41.